The number of carbonyl (C=O) groups excluding carboxylic acids is 1. The van der Waals surface area contributed by atoms with Gasteiger partial charge >= 0.3 is 0 Å². The molecule has 98 valence electrons. The summed E-state index contributed by atoms with van der Waals surface area (Å²) in [6, 6.07) is 7.24. The number of aliphatic hydroxyl groups excluding tert-OH is 1. The van der Waals surface area contributed by atoms with Crippen molar-refractivity contribution in [3.63, 3.8) is 0 Å². The molecule has 0 spiro atoms. The lowest BCUT2D eigenvalue weighted by Crippen LogP contribution is -2.42. The minimum Gasteiger partial charge on any atom is -0.393 e. The number of anilines is 1. The zero-order valence-electron chi connectivity index (χ0n) is 10.8. The number of carbonyl (C=O) groups is 1. The smallest absolute Gasteiger partial charge is 0.263 e. The molecule has 1 amide bonds. The van der Waals surface area contributed by atoms with Gasteiger partial charge in [0.1, 0.15) is 0 Å². The third-order valence-electron chi connectivity index (χ3n) is 3.28. The third-order valence-corrected chi connectivity index (χ3v) is 3.28. The molecule has 2 atom stereocenters. The standard InChI is InChI=1S/C14H19NO3/c1-3-8-15-12-7-5-4-6-11(12)14(18,13(15)17)9-10(2)16/h4-7,10,16,18H,3,8-9H2,1-2H3. The molecule has 0 saturated carbocycles. The molecule has 0 aliphatic carbocycles. The van der Waals surface area contributed by atoms with Crippen molar-refractivity contribution >= 4 is 11.6 Å². The van der Waals surface area contributed by atoms with Gasteiger partial charge in [0.05, 0.1) is 11.8 Å². The van der Waals surface area contributed by atoms with E-state index in [0.717, 1.165) is 12.1 Å². The molecule has 0 saturated heterocycles. The number of para-hydroxylation sites is 1. The third kappa shape index (κ3) is 1.91. The summed E-state index contributed by atoms with van der Waals surface area (Å²) in [4.78, 5) is 14.0. The van der Waals surface area contributed by atoms with Gasteiger partial charge in [-0.3, -0.25) is 4.79 Å². The van der Waals surface area contributed by atoms with Gasteiger partial charge in [0.2, 0.25) is 0 Å². The van der Waals surface area contributed by atoms with E-state index in [9.17, 15) is 15.0 Å². The van der Waals surface area contributed by atoms with Crippen LogP contribution in [0.2, 0.25) is 0 Å². The Bertz CT molecular complexity index is 458. The van der Waals surface area contributed by atoms with Crippen molar-refractivity contribution in [3.8, 4) is 0 Å². The highest BCUT2D eigenvalue weighted by Gasteiger charge is 2.49. The molecule has 1 aliphatic heterocycles. The number of fused-ring (bicyclic) bond motifs is 1. The maximum absolute atomic E-state index is 12.4. The van der Waals surface area contributed by atoms with Gasteiger partial charge in [-0.1, -0.05) is 25.1 Å². The minimum absolute atomic E-state index is 0.0308. The van der Waals surface area contributed by atoms with E-state index in [-0.39, 0.29) is 12.3 Å². The zero-order valence-corrected chi connectivity index (χ0v) is 10.8. The fourth-order valence-corrected chi connectivity index (χ4v) is 2.58. The van der Waals surface area contributed by atoms with Gasteiger partial charge in [-0.25, -0.2) is 0 Å². The Morgan fingerprint density at radius 3 is 2.67 bits per heavy atom. The van der Waals surface area contributed by atoms with Gasteiger partial charge in [0.15, 0.2) is 5.60 Å². The fraction of sp³-hybridized carbons (Fsp3) is 0.500. The predicted octanol–water partition coefficient (Wildman–Crippen LogP) is 1.40. The molecule has 2 N–H and O–H groups in total. The topological polar surface area (TPSA) is 60.8 Å². The van der Waals surface area contributed by atoms with Crippen LogP contribution in [0.15, 0.2) is 24.3 Å². The Hall–Kier alpha value is -1.39. The SMILES string of the molecule is CCCN1C(=O)C(O)(CC(C)O)c2ccccc21. The molecular weight excluding hydrogens is 230 g/mol. The lowest BCUT2D eigenvalue weighted by atomic mass is 9.90. The summed E-state index contributed by atoms with van der Waals surface area (Å²) in [6.45, 7) is 4.15. The van der Waals surface area contributed by atoms with Crippen LogP contribution in [0.3, 0.4) is 0 Å². The van der Waals surface area contributed by atoms with E-state index in [0.29, 0.717) is 12.1 Å². The highest BCUT2D eigenvalue weighted by molar-refractivity contribution is 6.06. The maximum Gasteiger partial charge on any atom is 0.263 e. The van der Waals surface area contributed by atoms with Crippen LogP contribution in [0.5, 0.6) is 0 Å². The molecule has 2 rings (SSSR count). The molecule has 0 fully saturated rings. The van der Waals surface area contributed by atoms with E-state index < -0.39 is 11.7 Å². The zero-order chi connectivity index (χ0) is 13.3. The predicted molar refractivity (Wildman–Crippen MR) is 69.3 cm³/mol. The molecule has 4 nitrogen and oxygen atoms in total. The van der Waals surface area contributed by atoms with Gasteiger partial charge in [-0.2, -0.15) is 0 Å². The molecule has 1 aromatic carbocycles. The van der Waals surface area contributed by atoms with E-state index in [2.05, 4.69) is 0 Å². The van der Waals surface area contributed by atoms with Gasteiger partial charge < -0.3 is 15.1 Å². The van der Waals surface area contributed by atoms with Crippen LogP contribution in [-0.2, 0) is 10.4 Å². The van der Waals surface area contributed by atoms with E-state index in [1.807, 2.05) is 19.1 Å². The quantitative estimate of drug-likeness (QED) is 0.848. The van der Waals surface area contributed by atoms with Crippen molar-refractivity contribution in [1.82, 2.24) is 0 Å². The lowest BCUT2D eigenvalue weighted by molar-refractivity contribution is -0.139. The molecule has 0 bridgehead atoms. The van der Waals surface area contributed by atoms with Crippen LogP contribution in [-0.4, -0.2) is 28.8 Å². The molecule has 1 heterocycles. The van der Waals surface area contributed by atoms with Crippen molar-refractivity contribution in [2.45, 2.75) is 38.4 Å². The van der Waals surface area contributed by atoms with E-state index in [1.54, 1.807) is 24.0 Å². The van der Waals surface area contributed by atoms with Crippen LogP contribution in [0.25, 0.3) is 0 Å². The first kappa shape index (κ1) is 13.1. The van der Waals surface area contributed by atoms with Gasteiger partial charge in [0, 0.05) is 18.5 Å². The first-order valence-corrected chi connectivity index (χ1v) is 6.32. The summed E-state index contributed by atoms with van der Waals surface area (Å²) in [5.41, 5.74) is -0.225. The molecule has 0 aromatic heterocycles. The number of amides is 1. The fourth-order valence-electron chi connectivity index (χ4n) is 2.58. The second-order valence-corrected chi connectivity index (χ2v) is 4.89. The van der Waals surface area contributed by atoms with Crippen molar-refractivity contribution in [1.29, 1.82) is 0 Å². The van der Waals surface area contributed by atoms with Crippen molar-refractivity contribution in [3.05, 3.63) is 29.8 Å². The molecule has 18 heavy (non-hydrogen) atoms. The Balaban J connectivity index is 2.47. The Morgan fingerprint density at radius 1 is 1.39 bits per heavy atom. The number of hydrogen-bond donors (Lipinski definition) is 2. The molecular formula is C14H19NO3. The monoisotopic (exact) mass is 249 g/mol. The second-order valence-electron chi connectivity index (χ2n) is 4.89. The van der Waals surface area contributed by atoms with Gasteiger partial charge in [-0.15, -0.1) is 0 Å². The first-order chi connectivity index (χ1) is 8.50. The normalized spacial score (nSPS) is 24.2. The molecule has 1 aliphatic rings. The highest BCUT2D eigenvalue weighted by Crippen LogP contribution is 2.42. The Labute approximate surface area is 107 Å². The lowest BCUT2D eigenvalue weighted by Gasteiger charge is -2.24. The summed E-state index contributed by atoms with van der Waals surface area (Å²) in [5.74, 6) is -0.327. The maximum atomic E-state index is 12.4. The molecule has 2 unspecified atom stereocenters. The number of nitrogens with zero attached hydrogens (tertiary/aromatic N) is 1. The first-order valence-electron chi connectivity index (χ1n) is 6.32. The van der Waals surface area contributed by atoms with Crippen LogP contribution in [0.1, 0.15) is 32.3 Å². The molecule has 4 heteroatoms. The summed E-state index contributed by atoms with van der Waals surface area (Å²) < 4.78 is 0. The number of rotatable bonds is 4. The largest absolute Gasteiger partial charge is 0.393 e. The van der Waals surface area contributed by atoms with Crippen molar-refractivity contribution < 1.29 is 15.0 Å². The van der Waals surface area contributed by atoms with E-state index in [4.69, 9.17) is 0 Å². The average molecular weight is 249 g/mol. The Kier molecular flexibility index (Phi) is 3.41. The van der Waals surface area contributed by atoms with E-state index in [1.165, 1.54) is 0 Å². The molecule has 0 radical (unpaired) electrons. The van der Waals surface area contributed by atoms with Crippen molar-refractivity contribution in [2.24, 2.45) is 0 Å². The van der Waals surface area contributed by atoms with Crippen LogP contribution < -0.4 is 4.90 Å². The molecule has 1 aromatic rings. The van der Waals surface area contributed by atoms with Gasteiger partial charge in [-0.05, 0) is 19.4 Å². The Morgan fingerprint density at radius 2 is 2.06 bits per heavy atom. The summed E-state index contributed by atoms with van der Waals surface area (Å²) in [7, 11) is 0. The van der Waals surface area contributed by atoms with Gasteiger partial charge in [0.25, 0.3) is 5.91 Å². The minimum atomic E-state index is -1.58. The average Bonchev–Trinajstić information content (AvgIpc) is 2.52. The van der Waals surface area contributed by atoms with Crippen LogP contribution in [0.4, 0.5) is 5.69 Å². The van der Waals surface area contributed by atoms with Crippen LogP contribution in [0, 0.1) is 0 Å². The second kappa shape index (κ2) is 4.71. The number of benzene rings is 1. The highest BCUT2D eigenvalue weighted by atomic mass is 16.3. The van der Waals surface area contributed by atoms with E-state index >= 15 is 0 Å². The number of hydrogen-bond acceptors (Lipinski definition) is 3. The number of aliphatic hydroxyl groups is 2. The van der Waals surface area contributed by atoms with Crippen molar-refractivity contribution in [2.75, 3.05) is 11.4 Å². The summed E-state index contributed by atoms with van der Waals surface area (Å²) in [6.07, 6.45) is 0.127. The van der Waals surface area contributed by atoms with Crippen LogP contribution >= 0.6 is 0 Å². The summed E-state index contributed by atoms with van der Waals surface area (Å²) in [5, 5.41) is 20.1. The summed E-state index contributed by atoms with van der Waals surface area (Å²) >= 11 is 0.